The van der Waals surface area contributed by atoms with Gasteiger partial charge in [-0.3, -0.25) is 4.68 Å². The number of nitrogens with two attached hydrogens (primary N) is 1. The Kier molecular flexibility index (Phi) is 5.16. The zero-order valence-electron chi connectivity index (χ0n) is 11.1. The predicted molar refractivity (Wildman–Crippen MR) is 73.1 cm³/mol. The summed E-state index contributed by atoms with van der Waals surface area (Å²) in [6.45, 7) is 7.33. The number of aryl methyl sites for hydroxylation is 2. The fraction of sp³-hybridized carbons (Fsp3) is 0.750. The average molecular weight is 304 g/mol. The summed E-state index contributed by atoms with van der Waals surface area (Å²) in [5.41, 5.74) is 8.08. The molecular formula is C12H22BrN3O. The van der Waals surface area contributed by atoms with Gasteiger partial charge in [-0.05, 0) is 36.2 Å². The van der Waals surface area contributed by atoms with Crippen molar-refractivity contribution in [2.75, 3.05) is 13.2 Å². The van der Waals surface area contributed by atoms with Crippen LogP contribution in [0.2, 0.25) is 0 Å². The van der Waals surface area contributed by atoms with Crippen molar-refractivity contribution in [3.8, 4) is 0 Å². The molecule has 17 heavy (non-hydrogen) atoms. The van der Waals surface area contributed by atoms with Crippen LogP contribution in [-0.2, 0) is 24.6 Å². The molecule has 1 rings (SSSR count). The minimum absolute atomic E-state index is 0.364. The van der Waals surface area contributed by atoms with E-state index in [0.717, 1.165) is 28.7 Å². The monoisotopic (exact) mass is 303 g/mol. The maximum absolute atomic E-state index is 6.24. The smallest absolute Gasteiger partial charge is 0.0766 e. The van der Waals surface area contributed by atoms with Crippen LogP contribution < -0.4 is 5.73 Å². The number of halogens is 1. The van der Waals surface area contributed by atoms with Crippen molar-refractivity contribution in [3.05, 3.63) is 15.9 Å². The van der Waals surface area contributed by atoms with Crippen molar-refractivity contribution in [1.29, 1.82) is 0 Å². The normalized spacial score (nSPS) is 14.9. The van der Waals surface area contributed by atoms with Gasteiger partial charge in [0, 0.05) is 25.6 Å². The van der Waals surface area contributed by atoms with E-state index in [9.17, 15) is 0 Å². The van der Waals surface area contributed by atoms with Crippen LogP contribution in [0.15, 0.2) is 4.47 Å². The molecule has 2 N–H and O–H groups in total. The first-order chi connectivity index (χ1) is 7.91. The van der Waals surface area contributed by atoms with Crippen LogP contribution in [0.1, 0.15) is 32.2 Å². The molecule has 0 aliphatic carbocycles. The number of ether oxygens (including phenoxy) is 1. The lowest BCUT2D eigenvalue weighted by Crippen LogP contribution is -2.44. The van der Waals surface area contributed by atoms with E-state index in [4.69, 9.17) is 10.5 Å². The van der Waals surface area contributed by atoms with E-state index in [1.807, 2.05) is 25.6 Å². The van der Waals surface area contributed by atoms with Gasteiger partial charge in [-0.1, -0.05) is 6.92 Å². The summed E-state index contributed by atoms with van der Waals surface area (Å²) in [7, 11) is 1.95. The SMILES string of the molecule is CCOCC(C)(N)Cc1c(Br)c(CC)nn1C. The molecule has 0 aliphatic heterocycles. The first kappa shape index (κ1) is 14.7. The molecule has 0 aliphatic rings. The average Bonchev–Trinajstić information content (AvgIpc) is 2.53. The number of aromatic nitrogens is 2. The first-order valence-corrected chi connectivity index (χ1v) is 6.77. The number of rotatable bonds is 6. The van der Waals surface area contributed by atoms with Gasteiger partial charge >= 0.3 is 0 Å². The Balaban J connectivity index is 2.83. The molecular weight excluding hydrogens is 282 g/mol. The standard InChI is InChI=1S/C12H22BrN3O/c1-5-9-11(13)10(16(4)15-9)7-12(3,14)8-17-6-2/h5-8,14H2,1-4H3. The van der Waals surface area contributed by atoms with Crippen molar-refractivity contribution >= 4 is 15.9 Å². The zero-order valence-corrected chi connectivity index (χ0v) is 12.7. The molecule has 4 nitrogen and oxygen atoms in total. The van der Waals surface area contributed by atoms with Gasteiger partial charge in [-0.25, -0.2) is 0 Å². The minimum Gasteiger partial charge on any atom is -0.380 e. The second-order valence-corrected chi connectivity index (χ2v) is 5.45. The molecule has 5 heteroatoms. The van der Waals surface area contributed by atoms with E-state index in [2.05, 4.69) is 28.0 Å². The van der Waals surface area contributed by atoms with Gasteiger partial charge in [0.2, 0.25) is 0 Å². The Morgan fingerprint density at radius 1 is 1.47 bits per heavy atom. The largest absolute Gasteiger partial charge is 0.380 e. The quantitative estimate of drug-likeness (QED) is 0.875. The van der Waals surface area contributed by atoms with Crippen molar-refractivity contribution in [3.63, 3.8) is 0 Å². The topological polar surface area (TPSA) is 53.1 Å². The first-order valence-electron chi connectivity index (χ1n) is 5.98. The van der Waals surface area contributed by atoms with E-state index in [0.29, 0.717) is 13.2 Å². The number of hydrogen-bond donors (Lipinski definition) is 1. The van der Waals surface area contributed by atoms with Gasteiger partial charge in [-0.2, -0.15) is 5.10 Å². The summed E-state index contributed by atoms with van der Waals surface area (Å²) in [6, 6.07) is 0. The van der Waals surface area contributed by atoms with Gasteiger partial charge in [0.05, 0.1) is 22.5 Å². The van der Waals surface area contributed by atoms with E-state index >= 15 is 0 Å². The Hall–Kier alpha value is -0.390. The van der Waals surface area contributed by atoms with E-state index < -0.39 is 0 Å². The van der Waals surface area contributed by atoms with Crippen LogP contribution in [0.3, 0.4) is 0 Å². The van der Waals surface area contributed by atoms with Crippen LogP contribution in [-0.4, -0.2) is 28.5 Å². The molecule has 0 fully saturated rings. The fourth-order valence-corrected chi connectivity index (χ4v) is 2.54. The third-order valence-electron chi connectivity index (χ3n) is 2.71. The lowest BCUT2D eigenvalue weighted by Gasteiger charge is -2.24. The van der Waals surface area contributed by atoms with Gasteiger partial charge in [-0.15, -0.1) is 0 Å². The summed E-state index contributed by atoms with van der Waals surface area (Å²) in [5.74, 6) is 0. The highest BCUT2D eigenvalue weighted by molar-refractivity contribution is 9.10. The second-order valence-electron chi connectivity index (χ2n) is 4.65. The van der Waals surface area contributed by atoms with Crippen molar-refractivity contribution in [1.82, 2.24) is 9.78 Å². The van der Waals surface area contributed by atoms with Crippen LogP contribution >= 0.6 is 15.9 Å². The van der Waals surface area contributed by atoms with Gasteiger partial charge < -0.3 is 10.5 Å². The predicted octanol–water partition coefficient (Wildman–Crippen LogP) is 2.04. The van der Waals surface area contributed by atoms with Gasteiger partial charge in [0.15, 0.2) is 0 Å². The van der Waals surface area contributed by atoms with E-state index in [1.165, 1.54) is 0 Å². The van der Waals surface area contributed by atoms with Crippen LogP contribution in [0, 0.1) is 0 Å². The molecule has 98 valence electrons. The van der Waals surface area contributed by atoms with E-state index in [-0.39, 0.29) is 5.54 Å². The Labute approximate surface area is 112 Å². The molecule has 0 spiro atoms. The van der Waals surface area contributed by atoms with E-state index in [1.54, 1.807) is 0 Å². The number of hydrogen-bond acceptors (Lipinski definition) is 3. The molecule has 0 radical (unpaired) electrons. The highest BCUT2D eigenvalue weighted by Gasteiger charge is 2.24. The zero-order chi connectivity index (χ0) is 13.1. The maximum Gasteiger partial charge on any atom is 0.0766 e. The van der Waals surface area contributed by atoms with Crippen LogP contribution in [0.25, 0.3) is 0 Å². The van der Waals surface area contributed by atoms with Crippen LogP contribution in [0.5, 0.6) is 0 Å². The van der Waals surface area contributed by atoms with Crippen molar-refractivity contribution in [2.45, 2.75) is 39.2 Å². The van der Waals surface area contributed by atoms with Crippen LogP contribution in [0.4, 0.5) is 0 Å². The third-order valence-corrected chi connectivity index (χ3v) is 3.63. The second kappa shape index (κ2) is 5.98. The number of nitrogens with zero attached hydrogens (tertiary/aromatic N) is 2. The Morgan fingerprint density at radius 3 is 2.59 bits per heavy atom. The molecule has 1 atom stereocenters. The summed E-state index contributed by atoms with van der Waals surface area (Å²) in [5, 5.41) is 4.47. The molecule has 0 saturated heterocycles. The molecule has 0 amide bonds. The fourth-order valence-electron chi connectivity index (χ4n) is 1.78. The Morgan fingerprint density at radius 2 is 2.12 bits per heavy atom. The minimum atomic E-state index is -0.364. The molecule has 0 saturated carbocycles. The molecule has 1 aromatic rings. The summed E-state index contributed by atoms with van der Waals surface area (Å²) < 4.78 is 8.40. The highest BCUT2D eigenvalue weighted by atomic mass is 79.9. The third kappa shape index (κ3) is 3.79. The molecule has 1 unspecified atom stereocenters. The molecule has 1 aromatic heterocycles. The van der Waals surface area contributed by atoms with Gasteiger partial charge in [0.1, 0.15) is 0 Å². The molecule has 1 heterocycles. The highest BCUT2D eigenvalue weighted by Crippen LogP contribution is 2.24. The summed E-state index contributed by atoms with van der Waals surface area (Å²) in [4.78, 5) is 0. The lowest BCUT2D eigenvalue weighted by atomic mass is 9.98. The summed E-state index contributed by atoms with van der Waals surface area (Å²) in [6.07, 6.45) is 1.66. The van der Waals surface area contributed by atoms with Gasteiger partial charge in [0.25, 0.3) is 0 Å². The van der Waals surface area contributed by atoms with Crippen molar-refractivity contribution in [2.24, 2.45) is 12.8 Å². The molecule has 0 aromatic carbocycles. The summed E-state index contributed by atoms with van der Waals surface area (Å²) >= 11 is 3.60. The lowest BCUT2D eigenvalue weighted by molar-refractivity contribution is 0.100. The molecule has 0 bridgehead atoms. The Bertz CT molecular complexity index is 374. The van der Waals surface area contributed by atoms with Crippen molar-refractivity contribution < 1.29 is 4.74 Å². The maximum atomic E-state index is 6.24.